The van der Waals surface area contributed by atoms with Gasteiger partial charge in [-0.05, 0) is 25.4 Å². The molecule has 2 unspecified atom stereocenters. The molecule has 0 aliphatic rings. The molecule has 0 radical (unpaired) electrons. The number of carboxylic acids is 1. The van der Waals surface area contributed by atoms with Crippen LogP contribution in [0.1, 0.15) is 13.8 Å². The second-order valence-corrected chi connectivity index (χ2v) is 7.70. The van der Waals surface area contributed by atoms with E-state index in [2.05, 4.69) is 53.2 Å². The Labute approximate surface area is 127 Å². The highest BCUT2D eigenvalue weighted by Gasteiger charge is 2.01. The van der Waals surface area contributed by atoms with E-state index in [9.17, 15) is 9.59 Å². The highest BCUT2D eigenvalue weighted by molar-refractivity contribution is 9.10. The molecule has 10 heteroatoms. The third-order valence-corrected chi connectivity index (χ3v) is 2.05. The van der Waals surface area contributed by atoms with E-state index in [1.165, 1.54) is 0 Å². The van der Waals surface area contributed by atoms with Gasteiger partial charge in [-0.3, -0.25) is 9.59 Å². The van der Waals surface area contributed by atoms with E-state index in [0.717, 1.165) is 0 Å². The first-order valence-electron chi connectivity index (χ1n) is 3.46. The molecule has 0 fully saturated rings. The van der Waals surface area contributed by atoms with Crippen molar-refractivity contribution in [3.05, 3.63) is 0 Å². The fourth-order valence-electron chi connectivity index (χ4n) is 0. The molecule has 0 spiro atoms. The maximum absolute atomic E-state index is 9.86. The quantitative estimate of drug-likeness (QED) is 0.525. The zero-order valence-electron chi connectivity index (χ0n) is 8.12. The number of alkyl halides is 2. The summed E-state index contributed by atoms with van der Waals surface area (Å²) in [5, 5.41) is 7.59. The number of rotatable bonds is 2. The van der Waals surface area contributed by atoms with Gasteiger partial charge in [-0.15, -0.1) is 0 Å². The lowest BCUT2D eigenvalue weighted by Crippen LogP contribution is -2.06. The number of carboxylic acid groups (broad SMARTS) is 1. The van der Waals surface area contributed by atoms with Gasteiger partial charge in [0.05, 0.1) is 4.83 Å². The average Bonchev–Trinajstić information content (AvgIpc) is 2.03. The largest absolute Gasteiger partial charge is 0.480 e. The summed E-state index contributed by atoms with van der Waals surface area (Å²) < 4.78 is 9.09. The van der Waals surface area contributed by atoms with Crippen LogP contribution in [0.2, 0.25) is 0 Å². The summed E-state index contributed by atoms with van der Waals surface area (Å²) in [5.41, 5.74) is 0. The van der Waals surface area contributed by atoms with Crippen LogP contribution >= 0.6 is 64.8 Å². The minimum atomic E-state index is -1.67. The molecule has 0 heterocycles. The fraction of sp³-hybridized carbons (Fsp3) is 0.667. The molecule has 0 bridgehead atoms. The van der Waals surface area contributed by atoms with Gasteiger partial charge in [0.2, 0.25) is 14.5 Å². The molecule has 0 saturated heterocycles. The van der Waals surface area contributed by atoms with Gasteiger partial charge in [-0.2, -0.15) is 0 Å². The predicted molar refractivity (Wildman–Crippen MR) is 75.1 cm³/mol. The lowest BCUT2D eigenvalue weighted by Gasteiger charge is -1.87. The lowest BCUT2D eigenvalue weighted by molar-refractivity contribution is -0.135. The number of halogens is 5. The molecular formula is C6H9Br2Cl3O4S. The Kier molecular flexibility index (Phi) is 19.8. The molecule has 0 amide bonds. The average molecular weight is 443 g/mol. The van der Waals surface area contributed by atoms with Gasteiger partial charge < -0.3 is 5.11 Å². The van der Waals surface area contributed by atoms with Crippen LogP contribution in [0.5, 0.6) is 0 Å². The lowest BCUT2D eigenvalue weighted by atomic mass is 10.5. The maximum Gasteiger partial charge on any atom is 0.316 e. The predicted octanol–water partition coefficient (Wildman–Crippen LogP) is 3.43. The van der Waals surface area contributed by atoms with E-state index >= 15 is 0 Å². The van der Waals surface area contributed by atoms with E-state index in [4.69, 9.17) is 20.9 Å². The Hall–Kier alpha value is 1.12. The molecule has 98 valence electrons. The molecule has 0 rings (SSSR count). The van der Waals surface area contributed by atoms with Crippen molar-refractivity contribution in [1.82, 2.24) is 0 Å². The van der Waals surface area contributed by atoms with Gasteiger partial charge in [0.25, 0.3) is 0 Å². The van der Waals surface area contributed by atoms with Crippen LogP contribution in [0.4, 0.5) is 0 Å². The Morgan fingerprint density at radius 2 is 1.31 bits per heavy atom. The second kappa shape index (κ2) is 14.2. The monoisotopic (exact) mass is 440 g/mol. The second-order valence-electron chi connectivity index (χ2n) is 2.06. The van der Waals surface area contributed by atoms with Crippen molar-refractivity contribution in [2.24, 2.45) is 0 Å². The molecule has 0 aromatic rings. The summed E-state index contributed by atoms with van der Waals surface area (Å²) in [6.45, 7) is 3.23. The molecule has 0 saturated carbocycles. The Bertz CT molecular complexity index is 216. The summed E-state index contributed by atoms with van der Waals surface area (Å²) in [5.74, 6) is -0.824. The van der Waals surface area contributed by atoms with Gasteiger partial charge in [0.1, 0.15) is 4.83 Å². The van der Waals surface area contributed by atoms with Crippen molar-refractivity contribution in [3.8, 4) is 0 Å². The highest BCUT2D eigenvalue weighted by atomic mass is 79.9. The molecular weight excluding hydrogens is 434 g/mol. The SMILES string of the molecule is CC(Br)C(=O)Cl.CC(Br)C(=O)O.O=S(Cl)Cl. The number of carbonyl (C=O) groups excluding carboxylic acids is 1. The van der Waals surface area contributed by atoms with Gasteiger partial charge in [0.15, 0.2) is 0 Å². The molecule has 2 atom stereocenters. The summed E-state index contributed by atoms with van der Waals surface area (Å²) in [4.78, 5) is 18.9. The third kappa shape index (κ3) is 36.2. The zero-order chi connectivity index (χ0) is 13.9. The number of aliphatic carboxylic acids is 1. The van der Waals surface area contributed by atoms with E-state index in [1.807, 2.05) is 0 Å². The third-order valence-electron chi connectivity index (χ3n) is 0.653. The normalized spacial score (nSPS) is 12.5. The first-order chi connectivity index (χ1) is 7.02. The Balaban J connectivity index is -0.000000162. The van der Waals surface area contributed by atoms with Crippen molar-refractivity contribution >= 4 is 85.3 Å². The van der Waals surface area contributed by atoms with Crippen molar-refractivity contribution < 1.29 is 18.9 Å². The Morgan fingerprint density at radius 3 is 1.31 bits per heavy atom. The summed E-state index contributed by atoms with van der Waals surface area (Å²) >= 11 is 10.7. The summed E-state index contributed by atoms with van der Waals surface area (Å²) in [6.07, 6.45) is 0. The van der Waals surface area contributed by atoms with E-state index in [0.29, 0.717) is 0 Å². The van der Waals surface area contributed by atoms with Crippen LogP contribution in [-0.2, 0) is 18.8 Å². The fourth-order valence-corrected chi connectivity index (χ4v) is 0. The Morgan fingerprint density at radius 1 is 1.19 bits per heavy atom. The van der Waals surface area contributed by atoms with Crippen LogP contribution in [0.25, 0.3) is 0 Å². The summed E-state index contributed by atoms with van der Waals surface area (Å²) in [6, 6.07) is 0. The van der Waals surface area contributed by atoms with Crippen LogP contribution in [0.3, 0.4) is 0 Å². The van der Waals surface area contributed by atoms with Crippen molar-refractivity contribution in [2.45, 2.75) is 23.5 Å². The van der Waals surface area contributed by atoms with Gasteiger partial charge in [-0.1, -0.05) is 31.9 Å². The van der Waals surface area contributed by atoms with Crippen LogP contribution < -0.4 is 0 Å². The topological polar surface area (TPSA) is 71.4 Å². The molecule has 0 aromatic carbocycles. The smallest absolute Gasteiger partial charge is 0.316 e. The minimum Gasteiger partial charge on any atom is -0.480 e. The highest BCUT2D eigenvalue weighted by Crippen LogP contribution is 2.00. The van der Waals surface area contributed by atoms with Crippen LogP contribution in [-0.4, -0.2) is 30.2 Å². The first-order valence-corrected chi connectivity index (χ1v) is 8.48. The first kappa shape index (κ1) is 22.3. The van der Waals surface area contributed by atoms with E-state index in [1.54, 1.807) is 13.8 Å². The number of carbonyl (C=O) groups is 2. The van der Waals surface area contributed by atoms with Crippen molar-refractivity contribution in [2.75, 3.05) is 0 Å². The molecule has 0 aliphatic carbocycles. The van der Waals surface area contributed by atoms with E-state index in [-0.39, 0.29) is 10.1 Å². The van der Waals surface area contributed by atoms with Crippen LogP contribution in [0, 0.1) is 0 Å². The van der Waals surface area contributed by atoms with Gasteiger partial charge in [-0.25, -0.2) is 4.21 Å². The number of hydrogen-bond acceptors (Lipinski definition) is 3. The number of hydrogen-bond donors (Lipinski definition) is 1. The molecule has 0 aromatic heterocycles. The zero-order valence-corrected chi connectivity index (χ0v) is 14.4. The van der Waals surface area contributed by atoms with Gasteiger partial charge in [0, 0.05) is 21.4 Å². The molecule has 4 nitrogen and oxygen atoms in total. The molecule has 1 N–H and O–H groups in total. The maximum atomic E-state index is 9.86. The standard InChI is InChI=1S/C3H4BrClO.C3H5BrO2.Cl2OS/c2*1-2(4)3(5)6;1-4(2)3/h2H,1H3;2H,1H3,(H,5,6);. The van der Waals surface area contributed by atoms with Crippen molar-refractivity contribution in [1.29, 1.82) is 0 Å². The van der Waals surface area contributed by atoms with Crippen LogP contribution in [0.15, 0.2) is 0 Å². The molecule has 0 aliphatic heterocycles. The van der Waals surface area contributed by atoms with Gasteiger partial charge >= 0.3 is 5.97 Å². The van der Waals surface area contributed by atoms with Crippen molar-refractivity contribution in [3.63, 3.8) is 0 Å². The minimum absolute atomic E-state index is 0.209. The summed E-state index contributed by atoms with van der Waals surface area (Å²) in [7, 11) is 7.36. The molecule has 16 heavy (non-hydrogen) atoms. The van der Waals surface area contributed by atoms with E-state index < -0.39 is 20.0 Å².